The average molecular weight is 262 g/mol. The Balaban J connectivity index is 1.80. The highest BCUT2D eigenvalue weighted by Crippen LogP contribution is 2.31. The topological polar surface area (TPSA) is 41.1 Å². The molecule has 1 aliphatic heterocycles. The first-order chi connectivity index (χ1) is 8.74. The molecule has 1 atom stereocenters. The van der Waals surface area contributed by atoms with Crippen molar-refractivity contribution in [1.29, 1.82) is 0 Å². The number of hydrogen-bond acceptors (Lipinski definition) is 3. The quantitative estimate of drug-likeness (QED) is 0.893. The van der Waals surface area contributed by atoms with Crippen LogP contribution in [0.4, 0.5) is 10.1 Å². The molecule has 1 aromatic heterocycles. The van der Waals surface area contributed by atoms with E-state index in [1.165, 1.54) is 12.1 Å². The molecule has 1 unspecified atom stereocenters. The van der Waals surface area contributed by atoms with E-state index in [2.05, 4.69) is 10.6 Å². The van der Waals surface area contributed by atoms with E-state index in [9.17, 15) is 9.18 Å². The Morgan fingerprint density at radius 3 is 3.06 bits per heavy atom. The lowest BCUT2D eigenvalue weighted by molar-refractivity contribution is -0.117. The lowest BCUT2D eigenvalue weighted by atomic mass is 10.1. The van der Waals surface area contributed by atoms with E-state index in [0.717, 1.165) is 4.88 Å². The molecule has 1 aromatic carbocycles. The number of benzene rings is 1. The van der Waals surface area contributed by atoms with Crippen molar-refractivity contribution in [3.63, 3.8) is 0 Å². The fourth-order valence-corrected chi connectivity index (χ4v) is 2.71. The number of amides is 1. The fourth-order valence-electron chi connectivity index (χ4n) is 2.05. The highest BCUT2D eigenvalue weighted by atomic mass is 32.1. The number of halogens is 1. The Kier molecular flexibility index (Phi) is 2.85. The van der Waals surface area contributed by atoms with E-state index < -0.39 is 6.04 Å². The van der Waals surface area contributed by atoms with Gasteiger partial charge >= 0.3 is 0 Å². The van der Waals surface area contributed by atoms with Crippen LogP contribution in [0.5, 0.6) is 0 Å². The third kappa shape index (κ3) is 2.02. The second-order valence-electron chi connectivity index (χ2n) is 4.11. The molecular formula is C13H11FN2OS. The molecule has 2 aromatic rings. The number of nitrogens with one attached hydrogen (secondary N) is 2. The first-order valence-corrected chi connectivity index (χ1v) is 6.48. The van der Waals surface area contributed by atoms with Crippen molar-refractivity contribution < 1.29 is 9.18 Å². The summed E-state index contributed by atoms with van der Waals surface area (Å²) in [6.07, 6.45) is 0. The van der Waals surface area contributed by atoms with Crippen molar-refractivity contribution in [2.45, 2.75) is 12.6 Å². The molecule has 5 heteroatoms. The molecule has 2 N–H and O–H groups in total. The predicted molar refractivity (Wildman–Crippen MR) is 68.9 cm³/mol. The van der Waals surface area contributed by atoms with E-state index in [-0.39, 0.29) is 11.7 Å². The predicted octanol–water partition coefficient (Wildman–Crippen LogP) is 2.67. The van der Waals surface area contributed by atoms with E-state index in [1.807, 2.05) is 17.5 Å². The van der Waals surface area contributed by atoms with Gasteiger partial charge < -0.3 is 5.32 Å². The summed E-state index contributed by atoms with van der Waals surface area (Å²) < 4.78 is 13.2. The zero-order valence-corrected chi connectivity index (χ0v) is 10.3. The van der Waals surface area contributed by atoms with Gasteiger partial charge in [-0.05, 0) is 29.6 Å². The molecule has 0 bridgehead atoms. The van der Waals surface area contributed by atoms with Crippen molar-refractivity contribution in [3.05, 3.63) is 52.0 Å². The van der Waals surface area contributed by atoms with Crippen LogP contribution in [-0.2, 0) is 11.3 Å². The maximum Gasteiger partial charge on any atom is 0.246 e. The molecule has 3 nitrogen and oxygen atoms in total. The number of rotatable bonds is 3. The van der Waals surface area contributed by atoms with Crippen molar-refractivity contribution in [2.75, 3.05) is 5.32 Å². The number of anilines is 1. The minimum absolute atomic E-state index is 0.132. The van der Waals surface area contributed by atoms with E-state index in [1.54, 1.807) is 17.4 Å². The number of carbonyl (C=O) groups is 1. The summed E-state index contributed by atoms with van der Waals surface area (Å²) in [5.74, 6) is -0.458. The van der Waals surface area contributed by atoms with Crippen LogP contribution in [0.15, 0.2) is 35.7 Å². The molecule has 0 radical (unpaired) electrons. The summed E-state index contributed by atoms with van der Waals surface area (Å²) in [7, 11) is 0. The molecule has 0 spiro atoms. The van der Waals surface area contributed by atoms with Gasteiger partial charge in [-0.15, -0.1) is 11.3 Å². The van der Waals surface area contributed by atoms with Crippen LogP contribution in [0.25, 0.3) is 0 Å². The van der Waals surface area contributed by atoms with E-state index >= 15 is 0 Å². The first kappa shape index (κ1) is 11.4. The van der Waals surface area contributed by atoms with Crippen LogP contribution in [0.2, 0.25) is 0 Å². The van der Waals surface area contributed by atoms with Gasteiger partial charge in [0.05, 0.1) is 0 Å². The van der Waals surface area contributed by atoms with Crippen LogP contribution in [0.1, 0.15) is 16.5 Å². The smallest absolute Gasteiger partial charge is 0.246 e. The SMILES string of the molecule is O=C1Nc2ccc(F)cc2C1NCc1cccs1. The van der Waals surface area contributed by atoms with Gasteiger partial charge in [0.2, 0.25) is 5.91 Å². The van der Waals surface area contributed by atoms with Crippen LogP contribution in [0, 0.1) is 5.82 Å². The van der Waals surface area contributed by atoms with Crippen LogP contribution < -0.4 is 10.6 Å². The van der Waals surface area contributed by atoms with Gasteiger partial charge in [0.15, 0.2) is 0 Å². The standard InChI is InChI=1S/C13H11FN2OS/c14-8-3-4-11-10(6-8)12(13(17)16-11)15-7-9-2-1-5-18-9/h1-6,12,15H,7H2,(H,16,17). The summed E-state index contributed by atoms with van der Waals surface area (Å²) in [6.45, 7) is 0.603. The second kappa shape index (κ2) is 4.51. The fraction of sp³-hybridized carbons (Fsp3) is 0.154. The lowest BCUT2D eigenvalue weighted by Gasteiger charge is -2.10. The van der Waals surface area contributed by atoms with Crippen LogP contribution in [-0.4, -0.2) is 5.91 Å². The maximum atomic E-state index is 13.2. The molecule has 1 amide bonds. The van der Waals surface area contributed by atoms with Gasteiger partial charge in [-0.1, -0.05) is 6.07 Å². The molecule has 0 fully saturated rings. The molecule has 0 saturated heterocycles. The Morgan fingerprint density at radius 1 is 1.39 bits per heavy atom. The number of carbonyl (C=O) groups excluding carboxylic acids is 1. The van der Waals surface area contributed by atoms with Gasteiger partial charge in [0.1, 0.15) is 11.9 Å². The van der Waals surface area contributed by atoms with Gasteiger partial charge in [0.25, 0.3) is 0 Å². The second-order valence-corrected chi connectivity index (χ2v) is 5.15. The van der Waals surface area contributed by atoms with Crippen LogP contribution in [0.3, 0.4) is 0 Å². The molecule has 2 heterocycles. The normalized spacial score (nSPS) is 17.6. The number of hydrogen-bond donors (Lipinski definition) is 2. The third-order valence-electron chi connectivity index (χ3n) is 2.91. The summed E-state index contributed by atoms with van der Waals surface area (Å²) >= 11 is 1.62. The third-order valence-corrected chi connectivity index (χ3v) is 3.78. The summed E-state index contributed by atoms with van der Waals surface area (Å²) in [5.41, 5.74) is 1.36. The van der Waals surface area contributed by atoms with Gasteiger partial charge in [-0.25, -0.2) is 4.39 Å². The maximum absolute atomic E-state index is 13.2. The van der Waals surface area contributed by atoms with E-state index in [0.29, 0.717) is 17.8 Å². The van der Waals surface area contributed by atoms with Gasteiger partial charge in [-0.2, -0.15) is 0 Å². The van der Waals surface area contributed by atoms with Gasteiger partial charge in [0, 0.05) is 22.7 Å². The Morgan fingerprint density at radius 2 is 2.28 bits per heavy atom. The average Bonchev–Trinajstić information content (AvgIpc) is 2.94. The zero-order valence-electron chi connectivity index (χ0n) is 9.44. The van der Waals surface area contributed by atoms with Crippen molar-refractivity contribution in [2.24, 2.45) is 0 Å². The minimum Gasteiger partial charge on any atom is -0.324 e. The lowest BCUT2D eigenvalue weighted by Crippen LogP contribution is -2.26. The Labute approximate surface area is 108 Å². The Hall–Kier alpha value is -1.72. The molecule has 1 aliphatic rings. The molecule has 0 aliphatic carbocycles. The molecule has 0 saturated carbocycles. The molecule has 18 heavy (non-hydrogen) atoms. The molecule has 3 rings (SSSR count). The number of thiophene rings is 1. The highest BCUT2D eigenvalue weighted by Gasteiger charge is 2.30. The highest BCUT2D eigenvalue weighted by molar-refractivity contribution is 7.09. The van der Waals surface area contributed by atoms with Crippen molar-refractivity contribution in [1.82, 2.24) is 5.32 Å². The van der Waals surface area contributed by atoms with Gasteiger partial charge in [-0.3, -0.25) is 10.1 Å². The summed E-state index contributed by atoms with van der Waals surface area (Å²) in [4.78, 5) is 13.0. The number of fused-ring (bicyclic) bond motifs is 1. The zero-order chi connectivity index (χ0) is 12.5. The monoisotopic (exact) mass is 262 g/mol. The molecule has 92 valence electrons. The van der Waals surface area contributed by atoms with Crippen LogP contribution >= 0.6 is 11.3 Å². The summed E-state index contributed by atoms with van der Waals surface area (Å²) in [6, 6.07) is 7.83. The Bertz CT molecular complexity index is 583. The summed E-state index contributed by atoms with van der Waals surface area (Å²) in [5, 5.41) is 7.87. The first-order valence-electron chi connectivity index (χ1n) is 5.60. The largest absolute Gasteiger partial charge is 0.324 e. The van der Waals surface area contributed by atoms with Crippen molar-refractivity contribution in [3.8, 4) is 0 Å². The minimum atomic E-state index is -0.474. The van der Waals surface area contributed by atoms with Crippen molar-refractivity contribution >= 4 is 22.9 Å². The van der Waals surface area contributed by atoms with E-state index in [4.69, 9.17) is 0 Å². The molecular weight excluding hydrogens is 251 g/mol.